The molecule has 0 bridgehead atoms. The van der Waals surface area contributed by atoms with Gasteiger partial charge in [0.2, 0.25) is 0 Å². The topological polar surface area (TPSA) is 92.5 Å². The van der Waals surface area contributed by atoms with Gasteiger partial charge in [-0.3, -0.25) is 14.2 Å². The Morgan fingerprint density at radius 2 is 1.77 bits per heavy atom. The van der Waals surface area contributed by atoms with Crippen molar-refractivity contribution in [2.24, 2.45) is 5.10 Å². The van der Waals surface area contributed by atoms with Crippen LogP contribution in [0, 0.1) is 19.7 Å². The number of thioether (sulfide) groups is 1. The molecule has 8 nitrogen and oxygen atoms in total. The summed E-state index contributed by atoms with van der Waals surface area (Å²) in [5, 5.41) is 20.5. The maximum absolute atomic E-state index is 13.7. The molecule has 0 saturated heterocycles. The van der Waals surface area contributed by atoms with E-state index in [0.717, 1.165) is 33.0 Å². The van der Waals surface area contributed by atoms with E-state index in [9.17, 15) is 14.0 Å². The zero-order valence-electron chi connectivity index (χ0n) is 24.1. The molecule has 11 heteroatoms. The van der Waals surface area contributed by atoms with Crippen molar-refractivity contribution in [3.05, 3.63) is 129 Å². The van der Waals surface area contributed by atoms with Crippen molar-refractivity contribution in [1.29, 1.82) is 0 Å². The van der Waals surface area contributed by atoms with E-state index in [1.165, 1.54) is 28.9 Å². The van der Waals surface area contributed by atoms with Crippen LogP contribution in [0.25, 0.3) is 5.69 Å². The molecule has 5 aromatic rings. The molecule has 2 aromatic heterocycles. The minimum Gasteiger partial charge on any atom is -0.345 e. The van der Waals surface area contributed by atoms with E-state index in [0.29, 0.717) is 23.0 Å². The molecular formula is C33H29FN6O2S2. The Morgan fingerprint density at radius 1 is 0.977 bits per heavy atom. The number of hydrazone groups is 1. The molecule has 0 spiro atoms. The van der Waals surface area contributed by atoms with Gasteiger partial charge in [-0.1, -0.05) is 60.3 Å². The van der Waals surface area contributed by atoms with E-state index in [4.69, 9.17) is 5.10 Å². The van der Waals surface area contributed by atoms with Gasteiger partial charge in [0.25, 0.3) is 11.8 Å². The van der Waals surface area contributed by atoms with Crippen LogP contribution in [0.3, 0.4) is 0 Å². The van der Waals surface area contributed by atoms with Crippen LogP contribution in [0.5, 0.6) is 0 Å². The molecule has 222 valence electrons. The van der Waals surface area contributed by atoms with Crippen LogP contribution in [-0.2, 0) is 11.3 Å². The van der Waals surface area contributed by atoms with Gasteiger partial charge < -0.3 is 5.32 Å². The Morgan fingerprint density at radius 3 is 2.52 bits per heavy atom. The lowest BCUT2D eigenvalue weighted by Gasteiger charge is -2.22. The first-order valence-corrected chi connectivity index (χ1v) is 15.9. The lowest BCUT2D eigenvalue weighted by atomic mass is 10.0. The van der Waals surface area contributed by atoms with Gasteiger partial charge >= 0.3 is 0 Å². The molecule has 0 saturated carbocycles. The second-order valence-electron chi connectivity index (χ2n) is 10.3. The van der Waals surface area contributed by atoms with Crippen LogP contribution in [0.2, 0.25) is 0 Å². The van der Waals surface area contributed by atoms with Crippen LogP contribution in [0.1, 0.15) is 50.2 Å². The second kappa shape index (κ2) is 12.9. The van der Waals surface area contributed by atoms with Gasteiger partial charge in [-0.15, -0.1) is 21.5 Å². The Bertz CT molecular complexity index is 1820. The van der Waals surface area contributed by atoms with E-state index >= 15 is 0 Å². The van der Waals surface area contributed by atoms with Crippen LogP contribution in [0.15, 0.2) is 101 Å². The van der Waals surface area contributed by atoms with E-state index in [1.807, 2.05) is 72.3 Å². The Labute approximate surface area is 262 Å². The van der Waals surface area contributed by atoms with Gasteiger partial charge in [0.05, 0.1) is 34.6 Å². The third-order valence-corrected chi connectivity index (χ3v) is 9.34. The standard InChI is InChI=1S/C33H29FN6O2S2/c1-21-8-6-11-27(22(21)2)39-30(19-35-32(42)24-9-4-3-5-10-24)36-37-33(39)44-20-31(41)40-28(23-13-15-25(34)16-14-23)18-26(38-40)29-12-7-17-43-29/h3-17,28H,18-20H2,1-2H3,(H,35,42). The third kappa shape index (κ3) is 6.20. The maximum Gasteiger partial charge on any atom is 0.253 e. The Hall–Kier alpha value is -4.61. The van der Waals surface area contributed by atoms with Crippen molar-refractivity contribution in [3.8, 4) is 5.69 Å². The molecule has 0 fully saturated rings. The summed E-state index contributed by atoms with van der Waals surface area (Å²) in [4.78, 5) is 27.5. The van der Waals surface area contributed by atoms with Crippen molar-refractivity contribution < 1.29 is 14.0 Å². The maximum atomic E-state index is 13.7. The van der Waals surface area contributed by atoms with Crippen LogP contribution < -0.4 is 5.32 Å². The number of nitrogens with zero attached hydrogens (tertiary/aromatic N) is 5. The average Bonchev–Trinajstić information content (AvgIpc) is 3.81. The molecule has 3 heterocycles. The van der Waals surface area contributed by atoms with Crippen molar-refractivity contribution >= 4 is 40.6 Å². The zero-order chi connectivity index (χ0) is 30.6. The van der Waals surface area contributed by atoms with Crippen molar-refractivity contribution in [3.63, 3.8) is 0 Å². The molecule has 3 aromatic carbocycles. The van der Waals surface area contributed by atoms with Gasteiger partial charge in [0.1, 0.15) is 5.82 Å². The van der Waals surface area contributed by atoms with Crippen molar-refractivity contribution in [2.45, 2.75) is 38.0 Å². The van der Waals surface area contributed by atoms with E-state index < -0.39 is 0 Å². The number of benzene rings is 3. The Balaban J connectivity index is 1.26. The van der Waals surface area contributed by atoms with Crippen molar-refractivity contribution in [1.82, 2.24) is 25.1 Å². The summed E-state index contributed by atoms with van der Waals surface area (Å²) in [6.45, 7) is 4.20. The van der Waals surface area contributed by atoms with Gasteiger partial charge in [0, 0.05) is 12.0 Å². The monoisotopic (exact) mass is 624 g/mol. The number of hydrogen-bond donors (Lipinski definition) is 1. The summed E-state index contributed by atoms with van der Waals surface area (Å²) in [6, 6.07) is 24.8. The number of thiophene rings is 1. The fourth-order valence-corrected chi connectivity index (χ4v) is 6.59. The number of halogens is 1. The van der Waals surface area contributed by atoms with Gasteiger partial charge in [-0.2, -0.15) is 5.10 Å². The number of nitrogens with one attached hydrogen (secondary N) is 1. The molecule has 1 N–H and O–H groups in total. The number of amides is 2. The van der Waals surface area contributed by atoms with Gasteiger partial charge in [-0.05, 0) is 72.3 Å². The molecule has 2 amide bonds. The third-order valence-electron chi connectivity index (χ3n) is 7.51. The molecule has 0 aliphatic carbocycles. The number of hydrogen-bond acceptors (Lipinski definition) is 7. The fraction of sp³-hybridized carbons (Fsp3) is 0.182. The molecular weight excluding hydrogens is 596 g/mol. The predicted octanol–water partition coefficient (Wildman–Crippen LogP) is 6.48. The minimum atomic E-state index is -0.346. The highest BCUT2D eigenvalue weighted by molar-refractivity contribution is 7.99. The predicted molar refractivity (Wildman–Crippen MR) is 171 cm³/mol. The van der Waals surface area contributed by atoms with E-state index in [1.54, 1.807) is 35.6 Å². The number of aryl methyl sites for hydroxylation is 1. The minimum absolute atomic E-state index is 0.0539. The lowest BCUT2D eigenvalue weighted by Crippen LogP contribution is -2.28. The van der Waals surface area contributed by atoms with Gasteiger partial charge in [0.15, 0.2) is 11.0 Å². The Kier molecular flexibility index (Phi) is 8.67. The average molecular weight is 625 g/mol. The highest BCUT2D eigenvalue weighted by Gasteiger charge is 2.34. The fourth-order valence-electron chi connectivity index (χ4n) is 5.05. The highest BCUT2D eigenvalue weighted by Crippen LogP contribution is 2.35. The molecule has 1 unspecified atom stereocenters. The summed E-state index contributed by atoms with van der Waals surface area (Å²) in [7, 11) is 0. The van der Waals surface area contributed by atoms with Crippen molar-refractivity contribution in [2.75, 3.05) is 5.75 Å². The number of carbonyl (C=O) groups is 2. The normalized spacial score (nSPS) is 14.5. The summed E-state index contributed by atoms with van der Waals surface area (Å²) in [5.41, 5.74) is 5.19. The first kappa shape index (κ1) is 29.5. The first-order chi connectivity index (χ1) is 21.4. The second-order valence-corrected chi connectivity index (χ2v) is 12.2. The molecule has 44 heavy (non-hydrogen) atoms. The first-order valence-electron chi connectivity index (χ1n) is 14.0. The smallest absolute Gasteiger partial charge is 0.253 e. The summed E-state index contributed by atoms with van der Waals surface area (Å²) >= 11 is 2.83. The van der Waals surface area contributed by atoms with Crippen LogP contribution >= 0.6 is 23.1 Å². The summed E-state index contributed by atoms with van der Waals surface area (Å²) in [6.07, 6.45) is 0.534. The van der Waals surface area contributed by atoms with Crippen LogP contribution in [0.4, 0.5) is 4.39 Å². The largest absolute Gasteiger partial charge is 0.345 e. The lowest BCUT2D eigenvalue weighted by molar-refractivity contribution is -0.130. The summed E-state index contributed by atoms with van der Waals surface area (Å²) < 4.78 is 15.6. The SMILES string of the molecule is Cc1cccc(-n2c(CNC(=O)c3ccccc3)nnc2SCC(=O)N2N=C(c3cccs3)CC2c2ccc(F)cc2)c1C. The quantitative estimate of drug-likeness (QED) is 0.190. The molecule has 1 aliphatic heterocycles. The number of rotatable bonds is 9. The van der Waals surface area contributed by atoms with Crippen LogP contribution in [-0.4, -0.2) is 43.1 Å². The molecule has 6 rings (SSSR count). The highest BCUT2D eigenvalue weighted by atomic mass is 32.2. The summed E-state index contributed by atoms with van der Waals surface area (Å²) in [5.74, 6) is -0.156. The van der Waals surface area contributed by atoms with Gasteiger partial charge in [-0.25, -0.2) is 9.40 Å². The molecule has 1 aliphatic rings. The van der Waals surface area contributed by atoms with E-state index in [2.05, 4.69) is 15.5 Å². The molecule has 0 radical (unpaired) electrons. The molecule has 1 atom stereocenters. The zero-order valence-corrected chi connectivity index (χ0v) is 25.7. The van der Waals surface area contributed by atoms with E-state index in [-0.39, 0.29) is 36.0 Å². The number of aromatic nitrogens is 3. The number of carbonyl (C=O) groups excluding carboxylic acids is 2.